The summed E-state index contributed by atoms with van der Waals surface area (Å²) < 4.78 is 52.6. The van der Waals surface area contributed by atoms with Crippen molar-refractivity contribution in [1.82, 2.24) is 4.31 Å². The third-order valence-corrected chi connectivity index (χ3v) is 14.2. The maximum Gasteiger partial charge on any atom is 0.243 e. The highest BCUT2D eigenvalue weighted by atomic mass is 32.2. The zero-order chi connectivity index (χ0) is 43.7. The van der Waals surface area contributed by atoms with Crippen LogP contribution < -0.4 is 14.8 Å². The Morgan fingerprint density at radius 3 is 2.34 bits per heavy atom. The molecule has 3 N–H and O–H groups in total. The van der Waals surface area contributed by atoms with Crippen LogP contribution in [0.3, 0.4) is 0 Å². The summed E-state index contributed by atoms with van der Waals surface area (Å²) in [6.45, 7) is 14.0. The molecular weight excluding hydrogens is 795 g/mol. The second-order valence-electron chi connectivity index (χ2n) is 16.4. The van der Waals surface area contributed by atoms with Gasteiger partial charge >= 0.3 is 0 Å². The fourth-order valence-electron chi connectivity index (χ4n) is 9.46. The number of carbonyl (C=O) groups is 1. The zero-order valence-corrected chi connectivity index (χ0v) is 37.1. The predicted molar refractivity (Wildman–Crippen MR) is 238 cm³/mol. The van der Waals surface area contributed by atoms with Gasteiger partial charge in [0, 0.05) is 50.3 Å². The number of anilines is 1. The number of nitrogens with one attached hydrogen (secondary N) is 1. The van der Waals surface area contributed by atoms with Crippen LogP contribution in [0.4, 0.5) is 5.69 Å². The molecule has 0 spiro atoms. The van der Waals surface area contributed by atoms with Crippen LogP contribution in [-0.4, -0.2) is 79.4 Å². The Balaban J connectivity index is 1.60. The third kappa shape index (κ3) is 9.92. The molecule has 0 saturated heterocycles. The van der Waals surface area contributed by atoms with E-state index in [0.29, 0.717) is 54.5 Å². The Labute approximate surface area is 361 Å². The molecule has 1 amide bonds. The number of hydrogen-bond acceptors (Lipinski definition) is 10. The molecule has 1 heterocycles. The number of benzene rings is 3. The van der Waals surface area contributed by atoms with Crippen molar-refractivity contribution in [3.05, 3.63) is 102 Å². The number of aliphatic hydroxyl groups excluding tert-OH is 2. The number of aliphatic hydroxyl groups is 2. The number of amides is 1. The molecule has 2 aliphatic carbocycles. The lowest BCUT2D eigenvalue weighted by molar-refractivity contribution is -0.251. The first-order valence-electron chi connectivity index (χ1n) is 21.8. The lowest BCUT2D eigenvalue weighted by Crippen LogP contribution is -2.70. The molecule has 3 aliphatic rings. The SMILES string of the molecule is C=CCOC12Oc3ccc(Oc4ccc(C)c(C)c4)cc3C3C(CCCCO)C(CCCCO)C=C(C(=NOCC)CC1N(CCC)S(=O)(=O)c1ccc(NC(C)=O)cc1)C32. The average Bonchev–Trinajstić information content (AvgIpc) is 3.24. The minimum Gasteiger partial charge on any atom is -0.460 e. The molecule has 3 aromatic carbocycles. The summed E-state index contributed by atoms with van der Waals surface area (Å²) in [6, 6.07) is 17.1. The van der Waals surface area contributed by atoms with Crippen molar-refractivity contribution in [2.24, 2.45) is 22.9 Å². The summed E-state index contributed by atoms with van der Waals surface area (Å²) in [5.41, 5.74) is 5.21. The number of allylic oxidation sites excluding steroid dienone is 1. The van der Waals surface area contributed by atoms with E-state index < -0.39 is 27.8 Å². The van der Waals surface area contributed by atoms with Gasteiger partial charge in [-0.25, -0.2) is 8.42 Å². The van der Waals surface area contributed by atoms with Crippen molar-refractivity contribution in [3.63, 3.8) is 0 Å². The van der Waals surface area contributed by atoms with Crippen LogP contribution >= 0.6 is 0 Å². The Bertz CT molecular complexity index is 2170. The number of nitrogens with zero attached hydrogens (tertiary/aromatic N) is 2. The average molecular weight is 858 g/mol. The number of unbranched alkanes of at least 4 members (excludes halogenated alkanes) is 2. The first kappa shape index (κ1) is 46.0. The fraction of sp³-hybridized carbons (Fsp3) is 0.500. The number of rotatable bonds is 21. The van der Waals surface area contributed by atoms with Crippen molar-refractivity contribution >= 4 is 27.3 Å². The van der Waals surface area contributed by atoms with Gasteiger partial charge < -0.3 is 34.6 Å². The molecule has 0 bridgehead atoms. The summed E-state index contributed by atoms with van der Waals surface area (Å²) in [5, 5.41) is 27.3. The fourth-order valence-corrected chi connectivity index (χ4v) is 11.2. The molecule has 6 rings (SSSR count). The standard InChI is InChI=1S/C48H63N3O9S/c1-7-24-51(61(55,56)39-21-17-36(18-22-39)49-34(6)54)45-31-43(50-58-9-3)41-29-35(14-10-12-25-52)40(15-11-13-26-53)46-42-30-38(59-37-19-16-32(4)33(5)28-37)20-23-44(42)60-48(45,47(41)46)57-27-8-2/h8,16-23,28-30,35,40,45-47,52-53H,2,7,9-15,24-27,31H2,1,3-6H3,(H,49,54). The van der Waals surface area contributed by atoms with Gasteiger partial charge in [0.05, 0.1) is 29.2 Å². The maximum atomic E-state index is 15.1. The van der Waals surface area contributed by atoms with Crippen LogP contribution in [0.5, 0.6) is 17.2 Å². The highest BCUT2D eigenvalue weighted by Gasteiger charge is 2.66. The number of oxime groups is 1. The second kappa shape index (κ2) is 20.6. The van der Waals surface area contributed by atoms with Gasteiger partial charge in [-0.1, -0.05) is 43.1 Å². The third-order valence-electron chi connectivity index (χ3n) is 12.2. The molecule has 0 aromatic heterocycles. The van der Waals surface area contributed by atoms with E-state index in [1.165, 1.54) is 28.9 Å². The van der Waals surface area contributed by atoms with Crippen molar-refractivity contribution in [2.75, 3.05) is 38.3 Å². The van der Waals surface area contributed by atoms with Gasteiger partial charge in [0.2, 0.25) is 21.7 Å². The molecule has 6 unspecified atom stereocenters. The van der Waals surface area contributed by atoms with E-state index in [1.807, 2.05) is 44.2 Å². The zero-order valence-electron chi connectivity index (χ0n) is 36.3. The summed E-state index contributed by atoms with van der Waals surface area (Å²) in [6.07, 6.45) is 9.03. The summed E-state index contributed by atoms with van der Waals surface area (Å²) in [7, 11) is -4.22. The van der Waals surface area contributed by atoms with Gasteiger partial charge in [0.25, 0.3) is 0 Å². The largest absolute Gasteiger partial charge is 0.460 e. The number of fused-ring (bicyclic) bond motifs is 2. The van der Waals surface area contributed by atoms with Crippen LogP contribution in [-0.2, 0) is 24.4 Å². The Morgan fingerprint density at radius 1 is 0.984 bits per heavy atom. The highest BCUT2D eigenvalue weighted by Crippen LogP contribution is 2.62. The highest BCUT2D eigenvalue weighted by molar-refractivity contribution is 7.89. The van der Waals surface area contributed by atoms with E-state index in [1.54, 1.807) is 18.2 Å². The molecular formula is C48H63N3O9S. The smallest absolute Gasteiger partial charge is 0.243 e. The predicted octanol–water partition coefficient (Wildman–Crippen LogP) is 8.81. The van der Waals surface area contributed by atoms with Gasteiger partial charge in [-0.15, -0.1) is 6.58 Å². The van der Waals surface area contributed by atoms with Crippen molar-refractivity contribution in [3.8, 4) is 17.2 Å². The van der Waals surface area contributed by atoms with E-state index in [2.05, 4.69) is 37.9 Å². The van der Waals surface area contributed by atoms with E-state index in [9.17, 15) is 15.0 Å². The molecule has 12 nitrogen and oxygen atoms in total. The molecule has 3 aromatic rings. The number of hydrogen-bond donors (Lipinski definition) is 3. The molecule has 1 aliphatic heterocycles. The van der Waals surface area contributed by atoms with Gasteiger partial charge in [-0.2, -0.15) is 4.31 Å². The van der Waals surface area contributed by atoms with Crippen molar-refractivity contribution in [2.45, 2.75) is 109 Å². The lowest BCUT2D eigenvalue weighted by atomic mass is 9.55. The molecule has 0 radical (unpaired) electrons. The number of sulfonamides is 1. The van der Waals surface area contributed by atoms with Crippen molar-refractivity contribution < 1.29 is 42.5 Å². The minimum absolute atomic E-state index is 0.00913. The Kier molecular flexibility index (Phi) is 15.5. The van der Waals surface area contributed by atoms with E-state index in [-0.39, 0.29) is 61.3 Å². The normalized spacial score (nSPS) is 23.7. The quantitative estimate of drug-likeness (QED) is 0.0542. The Morgan fingerprint density at radius 2 is 1.69 bits per heavy atom. The van der Waals surface area contributed by atoms with Gasteiger partial charge in [0.15, 0.2) is 0 Å². The first-order chi connectivity index (χ1) is 29.4. The van der Waals surface area contributed by atoms with Crippen LogP contribution in [0.15, 0.2) is 95.0 Å². The molecule has 330 valence electrons. The topological polar surface area (TPSA) is 156 Å². The minimum atomic E-state index is -4.22. The van der Waals surface area contributed by atoms with Crippen LogP contribution in [0, 0.1) is 31.6 Å². The summed E-state index contributed by atoms with van der Waals surface area (Å²) in [5.74, 6) is -0.657. The number of ether oxygens (including phenoxy) is 3. The van der Waals surface area contributed by atoms with Gasteiger partial charge in [0.1, 0.15) is 23.9 Å². The maximum absolute atomic E-state index is 15.1. The van der Waals surface area contributed by atoms with E-state index in [0.717, 1.165) is 42.4 Å². The molecule has 6 atom stereocenters. The molecule has 61 heavy (non-hydrogen) atoms. The number of carbonyl (C=O) groups excluding carboxylic acids is 1. The molecule has 1 fully saturated rings. The Hall–Kier alpha value is -4.53. The van der Waals surface area contributed by atoms with E-state index in [4.69, 9.17) is 24.2 Å². The number of aryl methyl sites for hydroxylation is 2. The first-order valence-corrected chi connectivity index (χ1v) is 23.2. The summed E-state index contributed by atoms with van der Waals surface area (Å²) in [4.78, 5) is 17.7. The molecule has 1 saturated carbocycles. The van der Waals surface area contributed by atoms with E-state index >= 15 is 8.42 Å². The van der Waals surface area contributed by atoms with Gasteiger partial charge in [-0.05, 0) is 136 Å². The summed E-state index contributed by atoms with van der Waals surface area (Å²) >= 11 is 0. The van der Waals surface area contributed by atoms with Crippen LogP contribution in [0.25, 0.3) is 0 Å². The lowest BCUT2D eigenvalue weighted by Gasteiger charge is -2.59. The van der Waals surface area contributed by atoms with Crippen LogP contribution in [0.1, 0.15) is 94.7 Å². The van der Waals surface area contributed by atoms with Gasteiger partial charge in [-0.3, -0.25) is 4.79 Å². The monoisotopic (exact) mass is 857 g/mol. The molecule has 13 heteroatoms. The van der Waals surface area contributed by atoms with Crippen LogP contribution in [0.2, 0.25) is 0 Å². The van der Waals surface area contributed by atoms with Crippen molar-refractivity contribution in [1.29, 1.82) is 0 Å². The second-order valence-corrected chi connectivity index (χ2v) is 18.3.